The SMILES string of the molecule is CCOc1ccc(CN2CCC(C(=O)NC[C@@H]3CCCO3)CC2)cc1. The molecule has 0 aliphatic carbocycles. The lowest BCUT2D eigenvalue weighted by Crippen LogP contribution is -2.42. The number of nitrogens with one attached hydrogen (secondary N) is 1. The maximum atomic E-state index is 12.3. The number of nitrogens with zero attached hydrogens (tertiary/aromatic N) is 1. The van der Waals surface area contributed by atoms with Crippen molar-refractivity contribution in [3.8, 4) is 5.75 Å². The Morgan fingerprint density at radius 3 is 2.64 bits per heavy atom. The molecule has 0 aromatic heterocycles. The highest BCUT2D eigenvalue weighted by Crippen LogP contribution is 2.21. The van der Waals surface area contributed by atoms with E-state index in [2.05, 4.69) is 22.3 Å². The highest BCUT2D eigenvalue weighted by Gasteiger charge is 2.26. The van der Waals surface area contributed by atoms with E-state index in [0.29, 0.717) is 13.2 Å². The standard InChI is InChI=1S/C20H30N2O3/c1-2-24-18-7-5-16(6-8-18)15-22-11-9-17(10-12-22)20(23)21-14-19-4-3-13-25-19/h5-8,17,19H,2-4,9-15H2,1H3,(H,21,23)/t19-/m0/s1. The summed E-state index contributed by atoms with van der Waals surface area (Å²) in [7, 11) is 0. The van der Waals surface area contributed by atoms with Crippen LogP contribution in [0.25, 0.3) is 0 Å². The number of piperidine rings is 1. The normalized spacial score (nSPS) is 22.0. The van der Waals surface area contributed by atoms with Crippen LogP contribution in [0.1, 0.15) is 38.2 Å². The van der Waals surface area contributed by atoms with Gasteiger partial charge in [0.05, 0.1) is 12.7 Å². The molecule has 1 aromatic rings. The second kappa shape index (κ2) is 9.20. The van der Waals surface area contributed by atoms with Crippen LogP contribution in [0.3, 0.4) is 0 Å². The van der Waals surface area contributed by atoms with Gasteiger partial charge < -0.3 is 14.8 Å². The first-order chi connectivity index (χ1) is 12.2. The fourth-order valence-corrected chi connectivity index (χ4v) is 3.63. The van der Waals surface area contributed by atoms with Gasteiger partial charge in [-0.1, -0.05) is 12.1 Å². The van der Waals surface area contributed by atoms with E-state index < -0.39 is 0 Å². The predicted molar refractivity (Wildman–Crippen MR) is 97.6 cm³/mol. The first kappa shape index (κ1) is 18.2. The van der Waals surface area contributed by atoms with Gasteiger partial charge in [0.1, 0.15) is 5.75 Å². The van der Waals surface area contributed by atoms with Gasteiger partial charge in [-0.05, 0) is 63.4 Å². The average Bonchev–Trinajstić information content (AvgIpc) is 3.16. The predicted octanol–water partition coefficient (Wildman–Crippen LogP) is 2.59. The minimum Gasteiger partial charge on any atom is -0.494 e. The Bertz CT molecular complexity index is 532. The fourth-order valence-electron chi connectivity index (χ4n) is 3.63. The van der Waals surface area contributed by atoms with Crippen molar-refractivity contribution in [2.75, 3.05) is 32.8 Å². The van der Waals surface area contributed by atoms with Crippen molar-refractivity contribution in [1.29, 1.82) is 0 Å². The third kappa shape index (κ3) is 5.44. The minimum absolute atomic E-state index is 0.151. The maximum absolute atomic E-state index is 12.3. The molecule has 0 bridgehead atoms. The largest absolute Gasteiger partial charge is 0.494 e. The number of likely N-dealkylation sites (tertiary alicyclic amines) is 1. The number of hydrogen-bond acceptors (Lipinski definition) is 4. The van der Waals surface area contributed by atoms with E-state index in [9.17, 15) is 4.79 Å². The summed E-state index contributed by atoms with van der Waals surface area (Å²) in [4.78, 5) is 14.7. The zero-order valence-electron chi connectivity index (χ0n) is 15.2. The van der Waals surface area contributed by atoms with Crippen LogP contribution in [0.15, 0.2) is 24.3 Å². The smallest absolute Gasteiger partial charge is 0.223 e. The van der Waals surface area contributed by atoms with Gasteiger partial charge in [-0.25, -0.2) is 0 Å². The number of ether oxygens (including phenoxy) is 2. The number of benzene rings is 1. The van der Waals surface area contributed by atoms with Gasteiger partial charge in [0, 0.05) is 25.6 Å². The summed E-state index contributed by atoms with van der Waals surface area (Å²) in [5.74, 6) is 1.28. The first-order valence-corrected chi connectivity index (χ1v) is 9.58. The summed E-state index contributed by atoms with van der Waals surface area (Å²) < 4.78 is 11.0. The van der Waals surface area contributed by atoms with Gasteiger partial charge in [0.25, 0.3) is 0 Å². The van der Waals surface area contributed by atoms with Gasteiger partial charge in [0.2, 0.25) is 5.91 Å². The zero-order valence-corrected chi connectivity index (χ0v) is 15.2. The molecule has 1 N–H and O–H groups in total. The zero-order chi connectivity index (χ0) is 17.5. The molecule has 0 saturated carbocycles. The van der Waals surface area contributed by atoms with Crippen molar-refractivity contribution >= 4 is 5.91 Å². The van der Waals surface area contributed by atoms with Gasteiger partial charge in [-0.3, -0.25) is 9.69 Å². The second-order valence-corrected chi connectivity index (χ2v) is 7.01. The molecule has 0 radical (unpaired) electrons. The van der Waals surface area contributed by atoms with Crippen LogP contribution in [-0.4, -0.2) is 49.8 Å². The summed E-state index contributed by atoms with van der Waals surface area (Å²) in [6, 6.07) is 8.32. The molecule has 2 aliphatic heterocycles. The Morgan fingerprint density at radius 1 is 1.24 bits per heavy atom. The molecule has 2 heterocycles. The molecule has 5 nitrogen and oxygen atoms in total. The highest BCUT2D eigenvalue weighted by molar-refractivity contribution is 5.78. The van der Waals surface area contributed by atoms with Crippen LogP contribution in [0, 0.1) is 5.92 Å². The van der Waals surface area contributed by atoms with E-state index in [1.54, 1.807) is 0 Å². The number of hydrogen-bond donors (Lipinski definition) is 1. The van der Waals surface area contributed by atoms with E-state index in [1.807, 2.05) is 19.1 Å². The summed E-state index contributed by atoms with van der Waals surface area (Å²) >= 11 is 0. The first-order valence-electron chi connectivity index (χ1n) is 9.58. The van der Waals surface area contributed by atoms with Crippen molar-refractivity contribution in [3.63, 3.8) is 0 Å². The number of carbonyl (C=O) groups is 1. The Balaban J connectivity index is 1.38. The Hall–Kier alpha value is -1.59. The van der Waals surface area contributed by atoms with Crippen molar-refractivity contribution in [3.05, 3.63) is 29.8 Å². The van der Waals surface area contributed by atoms with E-state index in [4.69, 9.17) is 9.47 Å². The molecule has 2 aliphatic rings. The molecule has 138 valence electrons. The molecule has 25 heavy (non-hydrogen) atoms. The molecule has 3 rings (SSSR count). The van der Waals surface area contributed by atoms with Crippen molar-refractivity contribution in [1.82, 2.24) is 10.2 Å². The topological polar surface area (TPSA) is 50.8 Å². The van der Waals surface area contributed by atoms with Crippen molar-refractivity contribution in [2.45, 2.75) is 45.3 Å². The molecule has 1 amide bonds. The van der Waals surface area contributed by atoms with Crippen molar-refractivity contribution in [2.24, 2.45) is 5.92 Å². The van der Waals surface area contributed by atoms with E-state index >= 15 is 0 Å². The number of carbonyl (C=O) groups excluding carboxylic acids is 1. The molecule has 0 spiro atoms. The summed E-state index contributed by atoms with van der Waals surface area (Å²) in [5, 5.41) is 3.08. The molecule has 1 aromatic carbocycles. The molecular weight excluding hydrogens is 316 g/mol. The average molecular weight is 346 g/mol. The molecular formula is C20H30N2O3. The quantitative estimate of drug-likeness (QED) is 0.824. The molecule has 0 unspecified atom stereocenters. The molecule has 1 atom stereocenters. The van der Waals surface area contributed by atoms with E-state index in [-0.39, 0.29) is 17.9 Å². The summed E-state index contributed by atoms with van der Waals surface area (Å²) in [6.45, 7) is 7.10. The van der Waals surface area contributed by atoms with Crippen LogP contribution in [-0.2, 0) is 16.1 Å². The van der Waals surface area contributed by atoms with Gasteiger partial charge in [0.15, 0.2) is 0 Å². The van der Waals surface area contributed by atoms with Gasteiger partial charge in [-0.15, -0.1) is 0 Å². The maximum Gasteiger partial charge on any atom is 0.223 e. The van der Waals surface area contributed by atoms with Crippen LogP contribution in [0.2, 0.25) is 0 Å². The lowest BCUT2D eigenvalue weighted by atomic mass is 9.95. The third-order valence-electron chi connectivity index (χ3n) is 5.13. The Morgan fingerprint density at radius 2 is 2.00 bits per heavy atom. The summed E-state index contributed by atoms with van der Waals surface area (Å²) in [6.07, 6.45) is 4.29. The second-order valence-electron chi connectivity index (χ2n) is 7.01. The number of rotatable bonds is 7. The van der Waals surface area contributed by atoms with Crippen LogP contribution < -0.4 is 10.1 Å². The number of amides is 1. The van der Waals surface area contributed by atoms with Crippen LogP contribution in [0.5, 0.6) is 5.75 Å². The summed E-state index contributed by atoms with van der Waals surface area (Å²) in [5.41, 5.74) is 1.30. The van der Waals surface area contributed by atoms with Gasteiger partial charge >= 0.3 is 0 Å². The fraction of sp³-hybridized carbons (Fsp3) is 0.650. The van der Waals surface area contributed by atoms with Gasteiger partial charge in [-0.2, -0.15) is 0 Å². The Kier molecular flexibility index (Phi) is 6.70. The Labute approximate surface area is 150 Å². The van der Waals surface area contributed by atoms with Crippen LogP contribution >= 0.6 is 0 Å². The molecule has 2 fully saturated rings. The molecule has 5 heteroatoms. The van der Waals surface area contributed by atoms with E-state index in [0.717, 1.165) is 57.7 Å². The lowest BCUT2D eigenvalue weighted by molar-refractivity contribution is -0.127. The minimum atomic E-state index is 0.151. The molecule has 2 saturated heterocycles. The monoisotopic (exact) mass is 346 g/mol. The van der Waals surface area contributed by atoms with Crippen LogP contribution in [0.4, 0.5) is 0 Å². The lowest BCUT2D eigenvalue weighted by Gasteiger charge is -2.31. The third-order valence-corrected chi connectivity index (χ3v) is 5.13. The highest BCUT2D eigenvalue weighted by atomic mass is 16.5. The van der Waals surface area contributed by atoms with Crippen molar-refractivity contribution < 1.29 is 14.3 Å². The van der Waals surface area contributed by atoms with E-state index in [1.165, 1.54) is 5.56 Å².